The van der Waals surface area contributed by atoms with Gasteiger partial charge in [-0.05, 0) is 0 Å². The molecule has 8 heteroatoms. The fourth-order valence-corrected chi connectivity index (χ4v) is 7.13. The first-order valence-electron chi connectivity index (χ1n) is 8.19. The van der Waals surface area contributed by atoms with Gasteiger partial charge in [-0.15, -0.1) is 0 Å². The Bertz CT molecular complexity index is 1150. The number of benzene rings is 3. The van der Waals surface area contributed by atoms with Crippen molar-refractivity contribution in [2.24, 2.45) is 0 Å². The third-order valence-electron chi connectivity index (χ3n) is 4.75. The Balaban J connectivity index is 2.09. The second-order valence-corrected chi connectivity index (χ2v) is 10.8. The summed E-state index contributed by atoms with van der Waals surface area (Å²) in [6.45, 7) is 0. The third-order valence-corrected chi connectivity index (χ3v) is 8.54. The molecule has 0 saturated carbocycles. The minimum absolute atomic E-state index is 0.0219. The number of hydrogen-bond donors (Lipinski definition) is 3. The Hall–Kier alpha value is -1.57. The van der Waals surface area contributed by atoms with Crippen molar-refractivity contribution in [2.75, 3.05) is 0 Å². The van der Waals surface area contributed by atoms with Crippen LogP contribution in [0.15, 0.2) is 51.4 Å². The summed E-state index contributed by atoms with van der Waals surface area (Å²) in [5.74, 6) is -0.320. The summed E-state index contributed by atoms with van der Waals surface area (Å²) < 4.78 is 7.82. The molecule has 3 aromatic rings. The van der Waals surface area contributed by atoms with Crippen LogP contribution in [0.4, 0.5) is 0 Å². The van der Waals surface area contributed by atoms with Crippen molar-refractivity contribution in [1.82, 2.24) is 0 Å². The Kier molecular flexibility index (Phi) is 5.18. The number of phenols is 2. The maximum absolute atomic E-state index is 11.9. The van der Waals surface area contributed by atoms with E-state index in [-0.39, 0.29) is 43.2 Å². The summed E-state index contributed by atoms with van der Waals surface area (Å²) >= 11 is 6.77. The van der Waals surface area contributed by atoms with Crippen molar-refractivity contribution >= 4 is 40.9 Å². The van der Waals surface area contributed by atoms with Gasteiger partial charge in [-0.3, -0.25) is 0 Å². The van der Waals surface area contributed by atoms with E-state index >= 15 is 0 Å². The zero-order valence-electron chi connectivity index (χ0n) is 14.2. The number of aromatic carboxylic acids is 1. The molecule has 1 aliphatic heterocycles. The number of carboxylic acids is 1. The van der Waals surface area contributed by atoms with Gasteiger partial charge in [0.2, 0.25) is 0 Å². The van der Waals surface area contributed by atoms with Gasteiger partial charge in [0.15, 0.2) is 0 Å². The number of halogens is 2. The predicted octanol–water partition coefficient (Wildman–Crippen LogP) is 4.78. The van der Waals surface area contributed by atoms with Crippen molar-refractivity contribution in [1.29, 1.82) is 0 Å². The Morgan fingerprint density at radius 2 is 1.68 bits per heavy atom. The molecule has 0 spiro atoms. The molecule has 4 rings (SSSR count). The van der Waals surface area contributed by atoms with Crippen molar-refractivity contribution in [3.8, 4) is 23.0 Å². The number of hydrogen-bond acceptors (Lipinski definition) is 4. The third kappa shape index (κ3) is 3.13. The van der Waals surface area contributed by atoms with Gasteiger partial charge in [-0.2, -0.15) is 0 Å². The van der Waals surface area contributed by atoms with Crippen LogP contribution in [0.2, 0.25) is 0 Å². The Morgan fingerprint density at radius 1 is 1.00 bits per heavy atom. The first-order chi connectivity index (χ1) is 13.3. The van der Waals surface area contributed by atoms with Gasteiger partial charge in [0.25, 0.3) is 0 Å². The Labute approximate surface area is 193 Å². The molecule has 0 saturated heterocycles. The van der Waals surface area contributed by atoms with Gasteiger partial charge < -0.3 is 0 Å². The van der Waals surface area contributed by atoms with E-state index in [0.717, 1.165) is 14.2 Å². The van der Waals surface area contributed by atoms with Crippen molar-refractivity contribution in [3.05, 3.63) is 73.7 Å². The number of phenolic OH excluding ortho intramolecular Hbond substituents is 2. The van der Waals surface area contributed by atoms with Crippen LogP contribution < -0.4 is 7.81 Å². The molecular weight excluding hydrogens is 681 g/mol. The van der Waals surface area contributed by atoms with Crippen LogP contribution in [-0.4, -0.2) is 21.3 Å². The van der Waals surface area contributed by atoms with Gasteiger partial charge in [-0.1, -0.05) is 0 Å². The van der Waals surface area contributed by atoms with Crippen LogP contribution in [0, 0.1) is 0 Å². The minimum atomic E-state index is -1.02. The van der Waals surface area contributed by atoms with Crippen LogP contribution in [0.1, 0.15) is 33.0 Å². The average Bonchev–Trinajstić information content (AvgIpc) is 2.66. The molecule has 1 heterocycles. The average molecular weight is 692 g/mol. The van der Waals surface area contributed by atoms with Crippen LogP contribution in [-0.2, 0) is 26.1 Å². The number of rotatable bonds is 2. The van der Waals surface area contributed by atoms with E-state index in [4.69, 9.17) is 4.74 Å². The summed E-state index contributed by atoms with van der Waals surface area (Å²) in [6, 6.07) is 11.9. The summed E-state index contributed by atoms with van der Waals surface area (Å²) in [4.78, 5) is 11.9. The zero-order valence-corrected chi connectivity index (χ0v) is 22.9. The van der Waals surface area contributed by atoms with Gasteiger partial charge in [0.1, 0.15) is 0 Å². The molecule has 1 unspecified atom stereocenters. The van der Waals surface area contributed by atoms with Crippen molar-refractivity contribution < 1.29 is 51.0 Å². The van der Waals surface area contributed by atoms with Crippen LogP contribution in [0.3, 0.4) is 0 Å². The second kappa shape index (κ2) is 7.35. The van der Waals surface area contributed by atoms with Gasteiger partial charge in [0.05, 0.1) is 0 Å². The SMILES string of the molecule is O=C(O)c1ccccc1C1c2cc(Br)c(O)cc2Oc2c1cc(Br)c(O)[c]2[Hg]. The molecule has 0 aliphatic carbocycles. The molecule has 1 aliphatic rings. The Morgan fingerprint density at radius 3 is 2.39 bits per heavy atom. The molecule has 0 bridgehead atoms. The van der Waals surface area contributed by atoms with E-state index in [1.807, 2.05) is 0 Å². The molecule has 0 radical (unpaired) electrons. The van der Waals surface area contributed by atoms with Gasteiger partial charge in [-0.25, -0.2) is 0 Å². The van der Waals surface area contributed by atoms with E-state index in [2.05, 4.69) is 31.9 Å². The molecule has 0 amide bonds. The van der Waals surface area contributed by atoms with Crippen LogP contribution in [0.5, 0.6) is 23.0 Å². The van der Waals surface area contributed by atoms with Crippen LogP contribution in [0.25, 0.3) is 0 Å². The molecule has 1 atom stereocenters. The van der Waals surface area contributed by atoms with E-state index in [0.29, 0.717) is 26.0 Å². The molecule has 0 fully saturated rings. The quantitative estimate of drug-likeness (QED) is 0.264. The maximum atomic E-state index is 11.9. The zero-order chi connectivity index (χ0) is 20.2. The van der Waals surface area contributed by atoms with E-state index < -0.39 is 11.9 Å². The van der Waals surface area contributed by atoms with E-state index in [1.54, 1.807) is 36.4 Å². The van der Waals surface area contributed by atoms with Crippen molar-refractivity contribution in [2.45, 2.75) is 5.92 Å². The predicted molar refractivity (Wildman–Crippen MR) is 106 cm³/mol. The second-order valence-electron chi connectivity index (χ2n) is 6.37. The summed E-state index contributed by atoms with van der Waals surface area (Å²) in [5, 5.41) is 30.2. The fraction of sp³-hybridized carbons (Fsp3) is 0.0500. The first kappa shape index (κ1) is 19.7. The summed E-state index contributed by atoms with van der Waals surface area (Å²) in [6.07, 6.45) is 0. The van der Waals surface area contributed by atoms with E-state index in [9.17, 15) is 20.1 Å². The van der Waals surface area contributed by atoms with Gasteiger partial charge in [0, 0.05) is 0 Å². The monoisotopic (exact) mass is 691 g/mol. The molecule has 5 nitrogen and oxygen atoms in total. The molecular formula is C20H11Br2HgO5. The number of carbonyl (C=O) groups is 1. The standard InChI is InChI=1S/C20H11Br2O5.Hg/c21-13-5-11-17(7-15(13)23)27-18-8-16(24)14(22)6-12(18)19(11)9-3-1-2-4-10(9)20(25)26;/h1-7,19,23-24H,(H,25,26);. The summed E-state index contributed by atoms with van der Waals surface area (Å²) in [5.41, 5.74) is 2.31. The molecule has 137 valence electrons. The number of fused-ring (bicyclic) bond motifs is 2. The normalized spacial score (nSPS) is 14.8. The van der Waals surface area contributed by atoms with E-state index in [1.165, 1.54) is 6.07 Å². The van der Waals surface area contributed by atoms with Crippen LogP contribution >= 0.6 is 31.9 Å². The van der Waals surface area contributed by atoms with Gasteiger partial charge >= 0.3 is 194 Å². The first-order valence-corrected chi connectivity index (χ1v) is 12.5. The number of carboxylic acid groups (broad SMARTS) is 1. The molecule has 3 aromatic carbocycles. The van der Waals surface area contributed by atoms with Crippen molar-refractivity contribution in [3.63, 3.8) is 0 Å². The molecule has 3 N–H and O–H groups in total. The molecule has 0 aromatic heterocycles. The fourth-order valence-electron chi connectivity index (χ4n) is 3.46. The number of ether oxygens (including phenoxy) is 1. The number of aromatic hydroxyl groups is 2. The molecule has 28 heavy (non-hydrogen) atoms. The summed E-state index contributed by atoms with van der Waals surface area (Å²) in [7, 11) is 0. The topological polar surface area (TPSA) is 87.0 Å².